The van der Waals surface area contributed by atoms with Gasteiger partial charge >= 0.3 is 6.09 Å². The highest BCUT2D eigenvalue weighted by molar-refractivity contribution is 6.11. The van der Waals surface area contributed by atoms with Gasteiger partial charge in [0.05, 0.1) is 30.7 Å². The predicted molar refractivity (Wildman–Crippen MR) is 110 cm³/mol. The molecule has 2 aromatic rings. The van der Waals surface area contributed by atoms with Crippen molar-refractivity contribution in [2.24, 2.45) is 0 Å². The smallest absolute Gasteiger partial charge is 0.411 e. The molecule has 1 heterocycles. The third kappa shape index (κ3) is 4.66. The van der Waals surface area contributed by atoms with Crippen molar-refractivity contribution in [2.75, 3.05) is 35.8 Å². The van der Waals surface area contributed by atoms with E-state index < -0.39 is 6.09 Å². The summed E-state index contributed by atoms with van der Waals surface area (Å²) >= 11 is 0. The fourth-order valence-electron chi connectivity index (χ4n) is 3.15. The van der Waals surface area contributed by atoms with E-state index in [2.05, 4.69) is 10.6 Å². The first-order chi connectivity index (χ1) is 14.0. The van der Waals surface area contributed by atoms with Crippen molar-refractivity contribution in [1.29, 1.82) is 0 Å². The van der Waals surface area contributed by atoms with Gasteiger partial charge in [0, 0.05) is 24.7 Å². The third-order valence-corrected chi connectivity index (χ3v) is 4.48. The summed E-state index contributed by atoms with van der Waals surface area (Å²) in [6.45, 7) is 2.56. The zero-order valence-corrected chi connectivity index (χ0v) is 16.4. The Kier molecular flexibility index (Phi) is 6.33. The summed E-state index contributed by atoms with van der Waals surface area (Å²) in [6, 6.07) is 11.9. The lowest BCUT2D eigenvalue weighted by molar-refractivity contribution is -0.117. The molecule has 0 aromatic heterocycles. The minimum Gasteiger partial charge on any atom is -0.494 e. The number of para-hydroxylation sites is 1. The van der Waals surface area contributed by atoms with Gasteiger partial charge in [-0.05, 0) is 37.6 Å². The number of hydrogen-bond donors (Lipinski definition) is 2. The number of ether oxygens (including phenoxy) is 2. The molecule has 1 aliphatic heterocycles. The van der Waals surface area contributed by atoms with Crippen molar-refractivity contribution in [3.05, 3.63) is 48.0 Å². The van der Waals surface area contributed by atoms with Crippen LogP contribution in [0.2, 0.25) is 0 Å². The Morgan fingerprint density at radius 1 is 1.14 bits per heavy atom. The summed E-state index contributed by atoms with van der Waals surface area (Å²) < 4.78 is 10.2. The van der Waals surface area contributed by atoms with Crippen LogP contribution in [0, 0.1) is 0 Å². The SMILES string of the molecule is CCOC(=O)Nc1ccc(NC(=O)c2ccccc2N2CCCC2=O)cc1OC. The first-order valence-corrected chi connectivity index (χ1v) is 9.36. The van der Waals surface area contributed by atoms with Crippen molar-refractivity contribution in [3.63, 3.8) is 0 Å². The van der Waals surface area contributed by atoms with Gasteiger partial charge in [0.1, 0.15) is 5.75 Å². The summed E-state index contributed by atoms with van der Waals surface area (Å²) in [5, 5.41) is 5.40. The van der Waals surface area contributed by atoms with E-state index in [1.807, 2.05) is 0 Å². The van der Waals surface area contributed by atoms with Crippen LogP contribution >= 0.6 is 0 Å². The molecule has 1 fully saturated rings. The number of rotatable bonds is 6. The first-order valence-electron chi connectivity index (χ1n) is 9.36. The summed E-state index contributed by atoms with van der Waals surface area (Å²) in [7, 11) is 1.46. The largest absolute Gasteiger partial charge is 0.494 e. The molecular formula is C21H23N3O5. The Hall–Kier alpha value is -3.55. The highest BCUT2D eigenvalue weighted by atomic mass is 16.5. The summed E-state index contributed by atoms with van der Waals surface area (Å²) in [5.41, 5.74) is 1.92. The van der Waals surface area contributed by atoms with E-state index in [0.717, 1.165) is 6.42 Å². The maximum Gasteiger partial charge on any atom is 0.411 e. The highest BCUT2D eigenvalue weighted by Gasteiger charge is 2.25. The van der Waals surface area contributed by atoms with Crippen LogP contribution in [0.15, 0.2) is 42.5 Å². The Balaban J connectivity index is 1.79. The summed E-state index contributed by atoms with van der Waals surface area (Å²) in [5.74, 6) is 0.0497. The van der Waals surface area contributed by atoms with Crippen LogP contribution in [-0.4, -0.2) is 38.2 Å². The number of methoxy groups -OCH3 is 1. The molecule has 3 amide bonds. The number of hydrogen-bond acceptors (Lipinski definition) is 5. The van der Waals surface area contributed by atoms with E-state index in [4.69, 9.17) is 9.47 Å². The van der Waals surface area contributed by atoms with Crippen LogP contribution in [0.5, 0.6) is 5.75 Å². The molecule has 0 spiro atoms. The first kappa shape index (κ1) is 20.2. The van der Waals surface area contributed by atoms with Crippen molar-refractivity contribution in [2.45, 2.75) is 19.8 Å². The van der Waals surface area contributed by atoms with E-state index >= 15 is 0 Å². The molecule has 2 aromatic carbocycles. The lowest BCUT2D eigenvalue weighted by Gasteiger charge is -2.19. The quantitative estimate of drug-likeness (QED) is 0.776. The van der Waals surface area contributed by atoms with E-state index in [1.165, 1.54) is 7.11 Å². The van der Waals surface area contributed by atoms with Gasteiger partial charge in [-0.15, -0.1) is 0 Å². The lowest BCUT2D eigenvalue weighted by Crippen LogP contribution is -2.27. The molecule has 1 saturated heterocycles. The van der Waals surface area contributed by atoms with E-state index in [9.17, 15) is 14.4 Å². The number of nitrogens with zero attached hydrogens (tertiary/aromatic N) is 1. The average molecular weight is 397 g/mol. The average Bonchev–Trinajstić information content (AvgIpc) is 3.15. The Labute approximate surface area is 168 Å². The van der Waals surface area contributed by atoms with Gasteiger partial charge < -0.3 is 19.7 Å². The zero-order valence-electron chi connectivity index (χ0n) is 16.4. The van der Waals surface area contributed by atoms with E-state index in [0.29, 0.717) is 41.3 Å². The second kappa shape index (κ2) is 9.09. The molecule has 2 N–H and O–H groups in total. The van der Waals surface area contributed by atoms with Gasteiger partial charge in [-0.3, -0.25) is 14.9 Å². The molecular weight excluding hydrogens is 374 g/mol. The van der Waals surface area contributed by atoms with Gasteiger partial charge in [0.25, 0.3) is 5.91 Å². The number of carbonyl (C=O) groups excluding carboxylic acids is 3. The van der Waals surface area contributed by atoms with Crippen LogP contribution < -0.4 is 20.3 Å². The molecule has 0 bridgehead atoms. The van der Waals surface area contributed by atoms with Crippen LogP contribution in [-0.2, 0) is 9.53 Å². The molecule has 0 atom stereocenters. The van der Waals surface area contributed by atoms with Crippen LogP contribution in [0.4, 0.5) is 21.9 Å². The molecule has 8 heteroatoms. The topological polar surface area (TPSA) is 97.0 Å². The Bertz CT molecular complexity index is 928. The summed E-state index contributed by atoms with van der Waals surface area (Å²) in [4.78, 5) is 38.2. The normalized spacial score (nSPS) is 13.2. The number of benzene rings is 2. The minimum absolute atomic E-state index is 0.0151. The number of nitrogens with one attached hydrogen (secondary N) is 2. The van der Waals surface area contributed by atoms with Gasteiger partial charge in [-0.1, -0.05) is 12.1 Å². The van der Waals surface area contributed by atoms with E-state index in [1.54, 1.807) is 54.3 Å². The van der Waals surface area contributed by atoms with Crippen LogP contribution in [0.25, 0.3) is 0 Å². The molecule has 29 heavy (non-hydrogen) atoms. The van der Waals surface area contributed by atoms with Gasteiger partial charge in [0.2, 0.25) is 5.91 Å². The Morgan fingerprint density at radius 2 is 1.93 bits per heavy atom. The molecule has 1 aliphatic rings. The number of anilines is 3. The second-order valence-electron chi connectivity index (χ2n) is 6.38. The molecule has 0 saturated carbocycles. The molecule has 3 rings (SSSR count). The van der Waals surface area contributed by atoms with E-state index in [-0.39, 0.29) is 18.4 Å². The van der Waals surface area contributed by atoms with Crippen LogP contribution in [0.1, 0.15) is 30.1 Å². The van der Waals surface area contributed by atoms with Crippen molar-refractivity contribution >= 4 is 35.0 Å². The maximum absolute atomic E-state index is 12.9. The third-order valence-electron chi connectivity index (χ3n) is 4.48. The standard InChI is InChI=1S/C21H23N3O5/c1-3-29-21(27)23-16-11-10-14(13-18(16)28-2)22-20(26)15-7-4-5-8-17(15)24-12-6-9-19(24)25/h4-5,7-8,10-11,13H,3,6,9,12H2,1-2H3,(H,22,26)(H,23,27). The molecule has 8 nitrogen and oxygen atoms in total. The minimum atomic E-state index is -0.591. The Morgan fingerprint density at radius 3 is 2.62 bits per heavy atom. The van der Waals surface area contributed by atoms with Gasteiger partial charge in [-0.2, -0.15) is 0 Å². The number of amides is 3. The molecule has 0 radical (unpaired) electrons. The van der Waals surface area contributed by atoms with Crippen molar-refractivity contribution in [3.8, 4) is 5.75 Å². The summed E-state index contributed by atoms with van der Waals surface area (Å²) in [6.07, 6.45) is 0.676. The van der Waals surface area contributed by atoms with Crippen molar-refractivity contribution < 1.29 is 23.9 Å². The lowest BCUT2D eigenvalue weighted by atomic mass is 10.1. The highest BCUT2D eigenvalue weighted by Crippen LogP contribution is 2.30. The molecule has 0 aliphatic carbocycles. The van der Waals surface area contributed by atoms with Gasteiger partial charge in [-0.25, -0.2) is 4.79 Å². The van der Waals surface area contributed by atoms with Gasteiger partial charge in [0.15, 0.2) is 0 Å². The van der Waals surface area contributed by atoms with Crippen molar-refractivity contribution in [1.82, 2.24) is 0 Å². The molecule has 152 valence electrons. The predicted octanol–water partition coefficient (Wildman–Crippen LogP) is 3.64. The fourth-order valence-corrected chi connectivity index (χ4v) is 3.15. The molecule has 0 unspecified atom stereocenters. The number of carbonyl (C=O) groups is 3. The fraction of sp³-hybridized carbons (Fsp3) is 0.286. The van der Waals surface area contributed by atoms with Crippen LogP contribution in [0.3, 0.4) is 0 Å². The second-order valence-corrected chi connectivity index (χ2v) is 6.38. The maximum atomic E-state index is 12.9. The monoisotopic (exact) mass is 397 g/mol. The zero-order chi connectivity index (χ0) is 20.8.